The van der Waals surface area contributed by atoms with Crippen molar-refractivity contribution in [1.82, 2.24) is 4.57 Å². The molecule has 1 aliphatic rings. The van der Waals surface area contributed by atoms with E-state index in [1.807, 2.05) is 29.9 Å². The first-order valence-corrected chi connectivity index (χ1v) is 7.90. The normalized spacial score (nSPS) is 16.4. The number of carboxylic acid groups (broad SMARTS) is 1. The third kappa shape index (κ3) is 2.93. The Morgan fingerprint density at radius 3 is 2.52 bits per heavy atom. The van der Waals surface area contributed by atoms with Crippen molar-refractivity contribution in [3.05, 3.63) is 58.8 Å². The van der Waals surface area contributed by atoms with Gasteiger partial charge < -0.3 is 14.5 Å². The molecule has 0 bridgehead atoms. The summed E-state index contributed by atoms with van der Waals surface area (Å²) in [5.41, 5.74) is 1.49. The van der Waals surface area contributed by atoms with Gasteiger partial charge in [0.25, 0.3) is 5.91 Å². The summed E-state index contributed by atoms with van der Waals surface area (Å²) in [4.78, 5) is 25.3. The highest BCUT2D eigenvalue weighted by Gasteiger charge is 2.33. The van der Waals surface area contributed by atoms with Crippen molar-refractivity contribution in [2.75, 3.05) is 4.90 Å². The number of nitrogens with zero attached hydrogens (tertiary/aromatic N) is 2. The van der Waals surface area contributed by atoms with Crippen LogP contribution in [0.4, 0.5) is 5.69 Å². The number of aromatic carboxylic acids is 1. The molecule has 0 saturated carbocycles. The second-order valence-electron chi connectivity index (χ2n) is 4.90. The molecule has 1 saturated heterocycles. The van der Waals surface area contributed by atoms with Gasteiger partial charge in [0.15, 0.2) is 4.32 Å². The van der Waals surface area contributed by atoms with Crippen LogP contribution in [0.25, 0.3) is 6.08 Å². The Bertz CT molecular complexity index is 837. The van der Waals surface area contributed by atoms with Gasteiger partial charge in [0.2, 0.25) is 0 Å². The second-order valence-corrected chi connectivity index (χ2v) is 6.57. The van der Waals surface area contributed by atoms with Crippen LogP contribution in [0.15, 0.2) is 47.5 Å². The van der Waals surface area contributed by atoms with E-state index in [4.69, 9.17) is 12.2 Å². The standard InChI is InChI=1S/C16H12N2O3S2/c1-17-8-2-3-12(17)9-13-14(19)18(16(22)23-13)11-6-4-10(5-7-11)15(20)21/h2-9H,1H3,(H,20,21)/p-1/b13-9-. The van der Waals surface area contributed by atoms with E-state index in [2.05, 4.69) is 0 Å². The number of carbonyl (C=O) groups excluding carboxylic acids is 2. The Kier molecular flexibility index (Phi) is 4.06. The van der Waals surface area contributed by atoms with Crippen molar-refractivity contribution < 1.29 is 14.7 Å². The van der Waals surface area contributed by atoms with E-state index >= 15 is 0 Å². The highest BCUT2D eigenvalue weighted by atomic mass is 32.2. The third-order valence-corrected chi connectivity index (χ3v) is 4.72. The molecule has 116 valence electrons. The minimum Gasteiger partial charge on any atom is -0.545 e. The summed E-state index contributed by atoms with van der Waals surface area (Å²) in [5, 5.41) is 10.8. The molecule has 23 heavy (non-hydrogen) atoms. The van der Waals surface area contributed by atoms with E-state index in [0.29, 0.717) is 14.9 Å². The minimum atomic E-state index is -1.26. The van der Waals surface area contributed by atoms with Crippen LogP contribution in [0.3, 0.4) is 0 Å². The van der Waals surface area contributed by atoms with Gasteiger partial charge in [-0.15, -0.1) is 0 Å². The molecule has 0 spiro atoms. The average molecular weight is 343 g/mol. The Morgan fingerprint density at radius 1 is 1.26 bits per heavy atom. The summed E-state index contributed by atoms with van der Waals surface area (Å²) in [6.45, 7) is 0. The van der Waals surface area contributed by atoms with Crippen molar-refractivity contribution in [2.45, 2.75) is 0 Å². The molecule has 1 fully saturated rings. The van der Waals surface area contributed by atoms with Crippen LogP contribution < -0.4 is 10.0 Å². The zero-order valence-corrected chi connectivity index (χ0v) is 13.7. The second kappa shape index (κ2) is 6.02. The van der Waals surface area contributed by atoms with Crippen molar-refractivity contribution in [1.29, 1.82) is 0 Å². The lowest BCUT2D eigenvalue weighted by molar-refractivity contribution is -0.255. The molecule has 0 radical (unpaired) electrons. The van der Waals surface area contributed by atoms with Gasteiger partial charge in [-0.3, -0.25) is 9.69 Å². The first-order valence-electron chi connectivity index (χ1n) is 6.68. The van der Waals surface area contributed by atoms with Gasteiger partial charge in [-0.05, 0) is 35.9 Å². The fourth-order valence-electron chi connectivity index (χ4n) is 2.20. The van der Waals surface area contributed by atoms with E-state index in [1.165, 1.54) is 28.8 Å². The van der Waals surface area contributed by atoms with Crippen molar-refractivity contribution in [2.24, 2.45) is 7.05 Å². The molecule has 3 rings (SSSR count). The number of thioether (sulfide) groups is 1. The third-order valence-electron chi connectivity index (χ3n) is 3.42. The average Bonchev–Trinajstić information content (AvgIpc) is 3.04. The largest absolute Gasteiger partial charge is 0.545 e. The first kappa shape index (κ1) is 15.5. The maximum atomic E-state index is 12.6. The summed E-state index contributed by atoms with van der Waals surface area (Å²) in [7, 11) is 1.89. The highest BCUT2D eigenvalue weighted by Crippen LogP contribution is 2.36. The van der Waals surface area contributed by atoms with Gasteiger partial charge in [-0.25, -0.2) is 0 Å². The molecule has 1 aromatic carbocycles. The lowest BCUT2D eigenvalue weighted by Crippen LogP contribution is -2.28. The molecule has 0 aliphatic carbocycles. The fraction of sp³-hybridized carbons (Fsp3) is 0.0625. The summed E-state index contributed by atoms with van der Waals surface area (Å²) in [6.07, 6.45) is 3.68. The number of benzene rings is 1. The van der Waals surface area contributed by atoms with Crippen LogP contribution in [0, 0.1) is 0 Å². The van der Waals surface area contributed by atoms with Crippen LogP contribution >= 0.6 is 24.0 Å². The van der Waals surface area contributed by atoms with Gasteiger partial charge in [0.05, 0.1) is 16.6 Å². The van der Waals surface area contributed by atoms with Crippen LogP contribution in [0.5, 0.6) is 0 Å². The van der Waals surface area contributed by atoms with E-state index in [0.717, 1.165) is 5.69 Å². The smallest absolute Gasteiger partial charge is 0.270 e. The van der Waals surface area contributed by atoms with E-state index in [9.17, 15) is 14.7 Å². The van der Waals surface area contributed by atoms with E-state index in [-0.39, 0.29) is 11.5 Å². The van der Waals surface area contributed by atoms with E-state index < -0.39 is 5.97 Å². The molecular weight excluding hydrogens is 332 g/mol. The molecule has 2 aromatic rings. The number of aryl methyl sites for hydroxylation is 1. The number of amides is 1. The predicted molar refractivity (Wildman–Crippen MR) is 91.8 cm³/mol. The van der Waals surface area contributed by atoms with Crippen LogP contribution in [-0.2, 0) is 11.8 Å². The van der Waals surface area contributed by atoms with Gasteiger partial charge in [-0.2, -0.15) is 0 Å². The zero-order chi connectivity index (χ0) is 16.6. The number of carboxylic acids is 1. The van der Waals surface area contributed by atoms with Crippen molar-refractivity contribution in [3.63, 3.8) is 0 Å². The Balaban J connectivity index is 1.91. The highest BCUT2D eigenvalue weighted by molar-refractivity contribution is 8.27. The van der Waals surface area contributed by atoms with Crippen LogP contribution in [0.2, 0.25) is 0 Å². The molecule has 1 aliphatic heterocycles. The predicted octanol–water partition coefficient (Wildman–Crippen LogP) is 1.79. The Morgan fingerprint density at radius 2 is 1.96 bits per heavy atom. The van der Waals surface area contributed by atoms with E-state index in [1.54, 1.807) is 18.2 Å². The topological polar surface area (TPSA) is 65.4 Å². The number of hydrogen-bond donors (Lipinski definition) is 0. The number of aromatic nitrogens is 1. The minimum absolute atomic E-state index is 0.0542. The van der Waals surface area contributed by atoms with Crippen molar-refractivity contribution in [3.8, 4) is 0 Å². The number of rotatable bonds is 3. The number of anilines is 1. The number of hydrogen-bond acceptors (Lipinski definition) is 5. The molecule has 1 amide bonds. The summed E-state index contributed by atoms with van der Waals surface area (Å²) >= 11 is 6.50. The van der Waals surface area contributed by atoms with Crippen LogP contribution in [0.1, 0.15) is 16.1 Å². The Labute approximate surface area is 142 Å². The number of carbonyl (C=O) groups is 2. The fourth-order valence-corrected chi connectivity index (χ4v) is 3.48. The lowest BCUT2D eigenvalue weighted by Gasteiger charge is -2.15. The monoisotopic (exact) mass is 343 g/mol. The summed E-state index contributed by atoms with van der Waals surface area (Å²) < 4.78 is 2.32. The molecule has 0 unspecified atom stereocenters. The van der Waals surface area contributed by atoms with Crippen molar-refractivity contribution >= 4 is 51.9 Å². The Hall–Kier alpha value is -2.38. The molecule has 5 nitrogen and oxygen atoms in total. The quantitative estimate of drug-likeness (QED) is 0.628. The maximum absolute atomic E-state index is 12.6. The molecular formula is C16H11N2O3S2-. The van der Waals surface area contributed by atoms with Gasteiger partial charge in [0, 0.05) is 18.9 Å². The molecule has 0 N–H and O–H groups in total. The number of thiocarbonyl (C=S) groups is 1. The molecule has 1 aromatic heterocycles. The molecule has 0 atom stereocenters. The van der Waals surface area contributed by atoms with Gasteiger partial charge in [0.1, 0.15) is 0 Å². The molecule has 7 heteroatoms. The summed E-state index contributed by atoms with van der Waals surface area (Å²) in [5.74, 6) is -1.48. The molecule has 2 heterocycles. The maximum Gasteiger partial charge on any atom is 0.270 e. The SMILES string of the molecule is Cn1cccc1/C=C1\SC(=S)N(c2ccc(C(=O)[O-])cc2)C1=O. The van der Waals surface area contributed by atoms with Crippen LogP contribution in [-0.4, -0.2) is 20.8 Å². The zero-order valence-electron chi connectivity index (χ0n) is 12.1. The summed E-state index contributed by atoms with van der Waals surface area (Å²) in [6, 6.07) is 9.67. The van der Waals surface area contributed by atoms with Gasteiger partial charge in [-0.1, -0.05) is 36.1 Å². The van der Waals surface area contributed by atoms with Gasteiger partial charge >= 0.3 is 0 Å². The lowest BCUT2D eigenvalue weighted by atomic mass is 10.2. The first-order chi connectivity index (χ1) is 11.0.